The fraction of sp³-hybridized carbons (Fsp3) is 0.625. The number of hydrogen-bond acceptors (Lipinski definition) is 4. The van der Waals surface area contributed by atoms with Crippen molar-refractivity contribution >= 4 is 0 Å². The Hall–Kier alpha value is -1.10. The lowest BCUT2D eigenvalue weighted by atomic mass is 10.1. The summed E-state index contributed by atoms with van der Waals surface area (Å²) in [5.41, 5.74) is 2.80. The van der Waals surface area contributed by atoms with Gasteiger partial charge in [-0.1, -0.05) is 25.5 Å². The van der Waals surface area contributed by atoms with E-state index >= 15 is 0 Å². The normalized spacial score (nSPS) is 12.4. The van der Waals surface area contributed by atoms with Crippen LogP contribution < -0.4 is 4.74 Å². The van der Waals surface area contributed by atoms with E-state index in [1.165, 1.54) is 0 Å². The fourth-order valence-corrected chi connectivity index (χ4v) is 2.05. The lowest BCUT2D eigenvalue weighted by Crippen LogP contribution is -2.24. The zero-order valence-electron chi connectivity index (χ0n) is 12.7. The molecule has 20 heavy (non-hydrogen) atoms. The van der Waals surface area contributed by atoms with E-state index in [1.807, 2.05) is 26.0 Å². The summed E-state index contributed by atoms with van der Waals surface area (Å²) in [6.07, 6.45) is 1.47. The van der Waals surface area contributed by atoms with Gasteiger partial charge in [0.05, 0.1) is 13.2 Å². The Labute approximate surface area is 121 Å². The van der Waals surface area contributed by atoms with Crippen LogP contribution in [0.15, 0.2) is 12.1 Å². The van der Waals surface area contributed by atoms with E-state index in [9.17, 15) is 5.11 Å². The van der Waals surface area contributed by atoms with Gasteiger partial charge in [0, 0.05) is 6.61 Å². The monoisotopic (exact) mass is 282 g/mol. The van der Waals surface area contributed by atoms with Gasteiger partial charge in [0.25, 0.3) is 0 Å². The maximum atomic E-state index is 9.80. The largest absolute Gasteiger partial charge is 0.490 e. The maximum Gasteiger partial charge on any atom is 0.125 e. The number of benzene rings is 1. The van der Waals surface area contributed by atoms with Crippen LogP contribution in [0.1, 0.15) is 36.5 Å². The Bertz CT molecular complexity index is 380. The Morgan fingerprint density at radius 1 is 1.15 bits per heavy atom. The van der Waals surface area contributed by atoms with Gasteiger partial charge in [0.2, 0.25) is 0 Å². The lowest BCUT2D eigenvalue weighted by Gasteiger charge is -2.16. The predicted molar refractivity (Wildman–Crippen MR) is 79.1 cm³/mol. The van der Waals surface area contributed by atoms with Crippen molar-refractivity contribution < 1.29 is 19.7 Å². The number of ether oxygens (including phenoxy) is 2. The molecule has 0 aromatic heterocycles. The molecule has 0 aliphatic rings. The van der Waals surface area contributed by atoms with Gasteiger partial charge in [-0.25, -0.2) is 0 Å². The minimum Gasteiger partial charge on any atom is -0.490 e. The highest BCUT2D eigenvalue weighted by molar-refractivity contribution is 5.43. The van der Waals surface area contributed by atoms with Gasteiger partial charge in [-0.15, -0.1) is 0 Å². The van der Waals surface area contributed by atoms with E-state index in [0.717, 1.165) is 35.3 Å². The Morgan fingerprint density at radius 2 is 1.80 bits per heavy atom. The summed E-state index contributed by atoms with van der Waals surface area (Å²) >= 11 is 0. The third kappa shape index (κ3) is 5.49. The van der Waals surface area contributed by atoms with E-state index in [-0.39, 0.29) is 13.2 Å². The Kier molecular flexibility index (Phi) is 7.59. The molecular weight excluding hydrogens is 256 g/mol. The molecule has 0 aliphatic heterocycles. The summed E-state index contributed by atoms with van der Waals surface area (Å²) < 4.78 is 11.0. The highest BCUT2D eigenvalue weighted by Crippen LogP contribution is 2.25. The van der Waals surface area contributed by atoms with Crippen molar-refractivity contribution in [2.75, 3.05) is 19.8 Å². The molecule has 0 heterocycles. The summed E-state index contributed by atoms with van der Waals surface area (Å²) in [4.78, 5) is 0. The highest BCUT2D eigenvalue weighted by Gasteiger charge is 2.10. The van der Waals surface area contributed by atoms with Crippen LogP contribution in [-0.4, -0.2) is 36.1 Å². The van der Waals surface area contributed by atoms with Gasteiger partial charge < -0.3 is 19.7 Å². The van der Waals surface area contributed by atoms with Gasteiger partial charge in [0.15, 0.2) is 0 Å². The number of aryl methyl sites for hydroxylation is 2. The molecule has 1 atom stereocenters. The van der Waals surface area contributed by atoms with Gasteiger partial charge in [-0.3, -0.25) is 0 Å². The van der Waals surface area contributed by atoms with Crippen molar-refractivity contribution in [1.29, 1.82) is 0 Å². The number of aliphatic hydroxyl groups is 2. The molecule has 0 fully saturated rings. The standard InChI is InChI=1S/C16H26O4/c1-4-5-6-19-10-15(18)11-20-16-12(2)7-14(9-17)8-13(16)3/h7-8,15,17-18H,4-6,9-11H2,1-3H3. The maximum absolute atomic E-state index is 9.80. The molecular formula is C16H26O4. The molecule has 0 saturated carbocycles. The van der Waals surface area contributed by atoms with E-state index in [4.69, 9.17) is 14.6 Å². The molecule has 114 valence electrons. The van der Waals surface area contributed by atoms with Crippen LogP contribution in [0.2, 0.25) is 0 Å². The van der Waals surface area contributed by atoms with Crippen molar-refractivity contribution in [3.05, 3.63) is 28.8 Å². The van der Waals surface area contributed by atoms with Crippen LogP contribution in [0.3, 0.4) is 0 Å². The van der Waals surface area contributed by atoms with Gasteiger partial charge in [-0.05, 0) is 37.0 Å². The number of unbranched alkanes of at least 4 members (excludes halogenated alkanes) is 1. The number of aliphatic hydroxyl groups excluding tert-OH is 2. The van der Waals surface area contributed by atoms with Crippen LogP contribution in [-0.2, 0) is 11.3 Å². The van der Waals surface area contributed by atoms with E-state index in [0.29, 0.717) is 13.2 Å². The number of hydrogen-bond donors (Lipinski definition) is 2. The molecule has 0 spiro atoms. The number of rotatable bonds is 9. The molecule has 1 rings (SSSR count). The molecule has 0 amide bonds. The molecule has 1 aromatic carbocycles. The van der Waals surface area contributed by atoms with E-state index < -0.39 is 6.10 Å². The minimum atomic E-state index is -0.622. The zero-order valence-corrected chi connectivity index (χ0v) is 12.7. The Morgan fingerprint density at radius 3 is 2.35 bits per heavy atom. The molecule has 4 heteroatoms. The molecule has 0 aliphatic carbocycles. The Balaban J connectivity index is 2.45. The average Bonchev–Trinajstić information content (AvgIpc) is 2.42. The first kappa shape index (κ1) is 17.0. The third-order valence-electron chi connectivity index (χ3n) is 3.08. The van der Waals surface area contributed by atoms with Crippen LogP contribution in [0.5, 0.6) is 5.75 Å². The molecule has 0 saturated heterocycles. The topological polar surface area (TPSA) is 58.9 Å². The van der Waals surface area contributed by atoms with Crippen molar-refractivity contribution in [1.82, 2.24) is 0 Å². The molecule has 0 radical (unpaired) electrons. The zero-order chi connectivity index (χ0) is 15.0. The lowest BCUT2D eigenvalue weighted by molar-refractivity contribution is 0.0110. The van der Waals surface area contributed by atoms with Crippen LogP contribution in [0, 0.1) is 13.8 Å². The fourth-order valence-electron chi connectivity index (χ4n) is 2.05. The smallest absolute Gasteiger partial charge is 0.125 e. The van der Waals surface area contributed by atoms with Crippen LogP contribution in [0.25, 0.3) is 0 Å². The van der Waals surface area contributed by atoms with E-state index in [1.54, 1.807) is 0 Å². The second-order valence-corrected chi connectivity index (χ2v) is 5.11. The first-order valence-corrected chi connectivity index (χ1v) is 7.18. The molecule has 4 nitrogen and oxygen atoms in total. The van der Waals surface area contributed by atoms with Crippen molar-refractivity contribution in [2.45, 2.75) is 46.3 Å². The summed E-state index contributed by atoms with van der Waals surface area (Å²) in [6.45, 7) is 7.19. The van der Waals surface area contributed by atoms with Gasteiger partial charge in [0.1, 0.15) is 18.5 Å². The predicted octanol–water partition coefficient (Wildman–Crippen LogP) is 2.35. The molecule has 2 N–H and O–H groups in total. The summed E-state index contributed by atoms with van der Waals surface area (Å²) in [6, 6.07) is 3.79. The summed E-state index contributed by atoms with van der Waals surface area (Å²) in [5, 5.41) is 18.9. The summed E-state index contributed by atoms with van der Waals surface area (Å²) in [7, 11) is 0. The van der Waals surface area contributed by atoms with Crippen molar-refractivity contribution in [2.24, 2.45) is 0 Å². The molecule has 1 unspecified atom stereocenters. The highest BCUT2D eigenvalue weighted by atomic mass is 16.5. The van der Waals surface area contributed by atoms with Crippen LogP contribution >= 0.6 is 0 Å². The average molecular weight is 282 g/mol. The minimum absolute atomic E-state index is 0.0237. The SMILES string of the molecule is CCCCOCC(O)COc1c(C)cc(CO)cc1C. The van der Waals surface area contributed by atoms with Crippen molar-refractivity contribution in [3.8, 4) is 5.75 Å². The van der Waals surface area contributed by atoms with Gasteiger partial charge in [-0.2, -0.15) is 0 Å². The van der Waals surface area contributed by atoms with E-state index in [2.05, 4.69) is 6.92 Å². The van der Waals surface area contributed by atoms with Gasteiger partial charge >= 0.3 is 0 Å². The van der Waals surface area contributed by atoms with Crippen LogP contribution in [0.4, 0.5) is 0 Å². The van der Waals surface area contributed by atoms with Crippen molar-refractivity contribution in [3.63, 3.8) is 0 Å². The quantitative estimate of drug-likeness (QED) is 0.683. The molecule has 1 aromatic rings. The molecule has 0 bridgehead atoms. The first-order chi connectivity index (χ1) is 9.58. The third-order valence-corrected chi connectivity index (χ3v) is 3.08. The second-order valence-electron chi connectivity index (χ2n) is 5.11. The summed E-state index contributed by atoms with van der Waals surface area (Å²) in [5.74, 6) is 0.773. The first-order valence-electron chi connectivity index (χ1n) is 7.18. The second kappa shape index (κ2) is 8.95.